The lowest BCUT2D eigenvalue weighted by atomic mass is 10.0. The normalized spacial score (nSPS) is 16.8. The Morgan fingerprint density at radius 2 is 1.08 bits per heavy atom. The zero-order valence-corrected chi connectivity index (χ0v) is 5.80. The molecule has 0 fully saturated rings. The molecule has 0 N–H and O–H groups in total. The zero-order valence-electron chi connectivity index (χ0n) is 5.80. The number of alkyl halides is 7. The Labute approximate surface area is 63.4 Å². The fourth-order valence-corrected chi connectivity index (χ4v) is 0.706. The van der Waals surface area contributed by atoms with Crippen LogP contribution in [0.3, 0.4) is 0 Å². The van der Waals surface area contributed by atoms with E-state index in [1.807, 2.05) is 0 Å². The molecule has 1 unspecified atom stereocenters. The van der Waals surface area contributed by atoms with Gasteiger partial charge in [-0.15, -0.1) is 0 Å². The van der Waals surface area contributed by atoms with E-state index in [-0.39, 0.29) is 6.92 Å². The molecule has 0 aromatic heterocycles. The Balaban J connectivity index is 4.70. The van der Waals surface area contributed by atoms with Crippen LogP contribution in [0.4, 0.5) is 30.7 Å². The number of rotatable bonds is 1. The molecular weight excluding hydrogens is 193 g/mol. The van der Waals surface area contributed by atoms with E-state index in [2.05, 4.69) is 0 Å². The fourth-order valence-electron chi connectivity index (χ4n) is 0.706. The van der Waals surface area contributed by atoms with Crippen LogP contribution in [0.25, 0.3) is 0 Å². The molecule has 0 aliphatic heterocycles. The van der Waals surface area contributed by atoms with Crippen LogP contribution < -0.4 is 0 Å². The van der Waals surface area contributed by atoms with Gasteiger partial charge in [-0.25, -0.2) is 4.39 Å². The van der Waals surface area contributed by atoms with Gasteiger partial charge < -0.3 is 0 Å². The van der Waals surface area contributed by atoms with Crippen molar-refractivity contribution < 1.29 is 30.7 Å². The predicted octanol–water partition coefficient (Wildman–Crippen LogP) is 3.09. The Kier molecular flexibility index (Phi) is 2.97. The molecule has 12 heavy (non-hydrogen) atoms. The molecule has 74 valence electrons. The van der Waals surface area contributed by atoms with Crippen molar-refractivity contribution >= 4 is 0 Å². The van der Waals surface area contributed by atoms with E-state index >= 15 is 0 Å². The molecule has 0 nitrogen and oxygen atoms in total. The highest BCUT2D eigenvalue weighted by Crippen LogP contribution is 2.42. The topological polar surface area (TPSA) is 0 Å². The zero-order chi connectivity index (χ0) is 10.2. The summed E-state index contributed by atoms with van der Waals surface area (Å²) in [5, 5.41) is 0. The molecule has 0 amide bonds. The molecule has 0 radical (unpaired) electrons. The van der Waals surface area contributed by atoms with Crippen LogP contribution >= 0.6 is 0 Å². The first-order valence-electron chi connectivity index (χ1n) is 2.84. The second-order valence-corrected chi connectivity index (χ2v) is 2.24. The van der Waals surface area contributed by atoms with E-state index in [4.69, 9.17) is 0 Å². The summed E-state index contributed by atoms with van der Waals surface area (Å²) in [6.07, 6.45) is -14.1. The molecule has 0 aliphatic rings. The highest BCUT2D eigenvalue weighted by Gasteiger charge is 2.59. The first-order valence-corrected chi connectivity index (χ1v) is 2.84. The summed E-state index contributed by atoms with van der Waals surface area (Å²) in [6.45, 7) is 0.228. The average Bonchev–Trinajstić information content (AvgIpc) is 1.49. The number of halogens is 7. The fraction of sp³-hybridized carbons (Fsp3) is 1.00. The van der Waals surface area contributed by atoms with Crippen molar-refractivity contribution in [2.24, 2.45) is 5.92 Å². The summed E-state index contributed by atoms with van der Waals surface area (Å²) in [6, 6.07) is 0. The van der Waals surface area contributed by atoms with E-state index in [9.17, 15) is 30.7 Å². The van der Waals surface area contributed by atoms with E-state index < -0.39 is 24.4 Å². The summed E-state index contributed by atoms with van der Waals surface area (Å²) in [5.41, 5.74) is 0. The minimum absolute atomic E-state index is 0.228. The molecule has 0 spiro atoms. The maximum Gasteiger partial charge on any atom is 0.403 e. The van der Waals surface area contributed by atoms with E-state index in [0.717, 1.165) is 0 Å². The Morgan fingerprint density at radius 1 is 0.833 bits per heavy atom. The minimum Gasteiger partial charge on any atom is -0.247 e. The second kappa shape index (κ2) is 3.10. The van der Waals surface area contributed by atoms with Crippen molar-refractivity contribution in [2.75, 3.05) is 0 Å². The summed E-state index contributed by atoms with van der Waals surface area (Å²) in [7, 11) is 0. The van der Waals surface area contributed by atoms with Gasteiger partial charge in [0, 0.05) is 0 Å². The summed E-state index contributed by atoms with van der Waals surface area (Å²) >= 11 is 0. The smallest absolute Gasteiger partial charge is 0.247 e. The van der Waals surface area contributed by atoms with Gasteiger partial charge in [0.25, 0.3) is 0 Å². The van der Waals surface area contributed by atoms with E-state index in [0.29, 0.717) is 0 Å². The van der Waals surface area contributed by atoms with Gasteiger partial charge in [-0.3, -0.25) is 0 Å². The molecule has 0 saturated carbocycles. The van der Waals surface area contributed by atoms with Crippen LogP contribution in [0.1, 0.15) is 6.92 Å². The predicted molar refractivity (Wildman–Crippen MR) is 26.2 cm³/mol. The Morgan fingerprint density at radius 3 is 1.08 bits per heavy atom. The highest BCUT2D eigenvalue weighted by atomic mass is 19.4. The SMILES string of the molecule is CC(F)C(C(F)(F)F)C(F)(F)F. The second-order valence-electron chi connectivity index (χ2n) is 2.24. The van der Waals surface area contributed by atoms with E-state index in [1.165, 1.54) is 0 Å². The number of hydrogen-bond donors (Lipinski definition) is 0. The molecule has 0 aromatic rings. The molecule has 0 aliphatic carbocycles. The lowest BCUT2D eigenvalue weighted by molar-refractivity contribution is -0.297. The van der Waals surface area contributed by atoms with Gasteiger partial charge in [-0.1, -0.05) is 0 Å². The standard InChI is InChI=1S/C5H5F7/c1-2(6)3(4(7,8)9)5(10,11)12/h2-3H,1H3. The van der Waals surface area contributed by atoms with Gasteiger partial charge in [-0.2, -0.15) is 26.3 Å². The quantitative estimate of drug-likeness (QED) is 0.568. The van der Waals surface area contributed by atoms with Crippen LogP contribution in [0.2, 0.25) is 0 Å². The summed E-state index contributed by atoms with van der Waals surface area (Å²) < 4.78 is 81.0. The van der Waals surface area contributed by atoms with Gasteiger partial charge >= 0.3 is 12.4 Å². The molecular formula is C5H5F7. The molecule has 1 atom stereocenters. The largest absolute Gasteiger partial charge is 0.403 e. The van der Waals surface area contributed by atoms with Gasteiger partial charge in [0.2, 0.25) is 0 Å². The number of hydrogen-bond acceptors (Lipinski definition) is 0. The van der Waals surface area contributed by atoms with Crippen LogP contribution in [-0.4, -0.2) is 18.5 Å². The van der Waals surface area contributed by atoms with Crippen molar-refractivity contribution in [3.63, 3.8) is 0 Å². The van der Waals surface area contributed by atoms with Crippen molar-refractivity contribution in [2.45, 2.75) is 25.4 Å². The minimum atomic E-state index is -5.58. The van der Waals surface area contributed by atoms with Crippen molar-refractivity contribution in [3.8, 4) is 0 Å². The molecule has 0 saturated heterocycles. The highest BCUT2D eigenvalue weighted by molar-refractivity contribution is 4.79. The van der Waals surface area contributed by atoms with Crippen LogP contribution in [-0.2, 0) is 0 Å². The Hall–Kier alpha value is -0.490. The van der Waals surface area contributed by atoms with Crippen LogP contribution in [0.5, 0.6) is 0 Å². The third-order valence-corrected chi connectivity index (χ3v) is 1.16. The van der Waals surface area contributed by atoms with Crippen LogP contribution in [0, 0.1) is 5.92 Å². The maximum atomic E-state index is 11.9. The molecule has 0 aromatic carbocycles. The summed E-state index contributed by atoms with van der Waals surface area (Å²) in [4.78, 5) is 0. The lowest BCUT2D eigenvalue weighted by Crippen LogP contribution is -2.41. The lowest BCUT2D eigenvalue weighted by Gasteiger charge is -2.23. The molecule has 0 rings (SSSR count). The van der Waals surface area contributed by atoms with Crippen molar-refractivity contribution in [1.29, 1.82) is 0 Å². The molecule has 0 bridgehead atoms. The van der Waals surface area contributed by atoms with Crippen molar-refractivity contribution in [1.82, 2.24) is 0 Å². The van der Waals surface area contributed by atoms with Gasteiger partial charge in [0.15, 0.2) is 5.92 Å². The Bertz CT molecular complexity index is 127. The average molecular weight is 198 g/mol. The summed E-state index contributed by atoms with van der Waals surface area (Å²) in [5.74, 6) is -3.88. The van der Waals surface area contributed by atoms with Gasteiger partial charge in [0.1, 0.15) is 6.17 Å². The molecule has 0 heterocycles. The van der Waals surface area contributed by atoms with Crippen LogP contribution in [0.15, 0.2) is 0 Å². The third kappa shape index (κ3) is 2.86. The maximum absolute atomic E-state index is 11.9. The third-order valence-electron chi connectivity index (χ3n) is 1.16. The first-order chi connectivity index (χ1) is 5.07. The van der Waals surface area contributed by atoms with E-state index in [1.54, 1.807) is 0 Å². The van der Waals surface area contributed by atoms with Gasteiger partial charge in [0.05, 0.1) is 0 Å². The molecule has 7 heteroatoms. The van der Waals surface area contributed by atoms with Gasteiger partial charge in [-0.05, 0) is 6.92 Å². The monoisotopic (exact) mass is 198 g/mol. The first kappa shape index (κ1) is 11.5. The van der Waals surface area contributed by atoms with Crippen molar-refractivity contribution in [3.05, 3.63) is 0 Å².